The van der Waals surface area contributed by atoms with Crippen LogP contribution < -0.4 is 9.47 Å². The molecule has 212 valence electrons. The summed E-state index contributed by atoms with van der Waals surface area (Å²) in [6.07, 6.45) is 17.6. The molecule has 40 heavy (non-hydrogen) atoms. The van der Waals surface area contributed by atoms with Gasteiger partial charge in [0.2, 0.25) is 0 Å². The van der Waals surface area contributed by atoms with E-state index >= 15 is 0 Å². The first-order chi connectivity index (χ1) is 19.6. The molecule has 10 aliphatic rings. The summed E-state index contributed by atoms with van der Waals surface area (Å²) in [4.78, 5) is 0. The van der Waals surface area contributed by atoms with Crippen molar-refractivity contribution >= 4 is 10.8 Å². The van der Waals surface area contributed by atoms with Crippen molar-refractivity contribution in [3.05, 3.63) is 35.4 Å². The molecule has 4 nitrogen and oxygen atoms in total. The second kappa shape index (κ2) is 8.40. The van der Waals surface area contributed by atoms with E-state index in [0.29, 0.717) is 24.0 Å². The van der Waals surface area contributed by atoms with Crippen LogP contribution in [-0.2, 0) is 20.3 Å². The molecule has 2 unspecified atom stereocenters. The molecule has 2 saturated heterocycles. The number of epoxide rings is 2. The minimum atomic E-state index is 0.257. The molecule has 8 aliphatic carbocycles. The predicted molar refractivity (Wildman–Crippen MR) is 154 cm³/mol. The largest absolute Gasteiger partial charge is 0.490 e. The molecule has 10 fully saturated rings. The Kier molecular flexibility index (Phi) is 4.99. The molecule has 2 atom stereocenters. The maximum absolute atomic E-state index is 6.71. The molecule has 0 N–H and O–H groups in total. The van der Waals surface area contributed by atoms with Crippen molar-refractivity contribution in [2.75, 3.05) is 26.4 Å². The third-order valence-corrected chi connectivity index (χ3v) is 13.0. The highest BCUT2D eigenvalue weighted by molar-refractivity contribution is 6.00. The number of ether oxygens (including phenoxy) is 4. The zero-order valence-corrected chi connectivity index (χ0v) is 23.9. The average molecular weight is 541 g/mol. The number of benzene rings is 2. The van der Waals surface area contributed by atoms with Crippen molar-refractivity contribution in [1.82, 2.24) is 0 Å². The van der Waals surface area contributed by atoms with Crippen molar-refractivity contribution < 1.29 is 18.9 Å². The van der Waals surface area contributed by atoms with Gasteiger partial charge in [0.25, 0.3) is 0 Å². The van der Waals surface area contributed by atoms with E-state index in [4.69, 9.17) is 18.9 Å². The second-order valence-corrected chi connectivity index (χ2v) is 15.9. The van der Waals surface area contributed by atoms with E-state index in [9.17, 15) is 0 Å². The molecule has 2 aliphatic heterocycles. The fraction of sp³-hybridized carbons (Fsp3) is 0.722. The quantitative estimate of drug-likeness (QED) is 0.329. The van der Waals surface area contributed by atoms with Crippen LogP contribution in [0.3, 0.4) is 0 Å². The third kappa shape index (κ3) is 3.70. The first-order valence-electron chi connectivity index (χ1n) is 16.7. The lowest BCUT2D eigenvalue weighted by molar-refractivity contribution is -0.00532. The lowest BCUT2D eigenvalue weighted by Crippen LogP contribution is -2.49. The molecule has 2 heterocycles. The predicted octanol–water partition coefficient (Wildman–Crippen LogP) is 7.33. The summed E-state index contributed by atoms with van der Waals surface area (Å²) in [6, 6.07) is 9.72. The van der Waals surface area contributed by atoms with Crippen LogP contribution in [0, 0.1) is 35.5 Å². The van der Waals surface area contributed by atoms with E-state index in [1.54, 1.807) is 11.1 Å². The Morgan fingerprint density at radius 1 is 0.525 bits per heavy atom. The van der Waals surface area contributed by atoms with Gasteiger partial charge in [-0.1, -0.05) is 12.1 Å². The summed E-state index contributed by atoms with van der Waals surface area (Å²) in [5, 5.41) is 2.81. The van der Waals surface area contributed by atoms with Gasteiger partial charge in [-0.3, -0.25) is 0 Å². The zero-order valence-electron chi connectivity index (χ0n) is 23.9. The molecule has 4 heteroatoms. The second-order valence-electron chi connectivity index (χ2n) is 15.9. The molecule has 8 bridgehead atoms. The topological polar surface area (TPSA) is 43.5 Å². The van der Waals surface area contributed by atoms with E-state index < -0.39 is 0 Å². The van der Waals surface area contributed by atoms with Crippen LogP contribution in [0.5, 0.6) is 11.5 Å². The molecule has 0 aromatic heterocycles. The maximum atomic E-state index is 6.71. The molecule has 2 aromatic carbocycles. The monoisotopic (exact) mass is 540 g/mol. The van der Waals surface area contributed by atoms with Crippen LogP contribution in [0.25, 0.3) is 10.8 Å². The fourth-order valence-electron chi connectivity index (χ4n) is 12.1. The Labute approximate surface area is 238 Å². The molecule has 8 saturated carbocycles. The molecule has 12 rings (SSSR count). The van der Waals surface area contributed by atoms with Gasteiger partial charge in [0, 0.05) is 10.8 Å². The van der Waals surface area contributed by atoms with E-state index in [2.05, 4.69) is 24.3 Å². The molecular weight excluding hydrogens is 496 g/mol. The highest BCUT2D eigenvalue weighted by Crippen LogP contribution is 2.65. The highest BCUT2D eigenvalue weighted by atomic mass is 16.6. The Bertz CT molecular complexity index is 1180. The van der Waals surface area contributed by atoms with Crippen molar-refractivity contribution in [3.8, 4) is 11.5 Å². The van der Waals surface area contributed by atoms with Crippen LogP contribution in [0.4, 0.5) is 0 Å². The van der Waals surface area contributed by atoms with Crippen molar-refractivity contribution in [2.45, 2.75) is 100 Å². The van der Waals surface area contributed by atoms with Crippen molar-refractivity contribution in [2.24, 2.45) is 35.5 Å². The van der Waals surface area contributed by atoms with Crippen molar-refractivity contribution in [3.63, 3.8) is 0 Å². The highest BCUT2D eigenvalue weighted by Gasteiger charge is 2.54. The van der Waals surface area contributed by atoms with Crippen LogP contribution in [0.1, 0.15) is 88.2 Å². The number of hydrogen-bond donors (Lipinski definition) is 0. The summed E-state index contributed by atoms with van der Waals surface area (Å²) in [6.45, 7) is 2.99. The normalized spacial score (nSPS) is 45.3. The van der Waals surface area contributed by atoms with Crippen molar-refractivity contribution in [1.29, 1.82) is 0 Å². The third-order valence-electron chi connectivity index (χ3n) is 13.0. The van der Waals surface area contributed by atoms with Gasteiger partial charge in [-0.2, -0.15) is 0 Å². The summed E-state index contributed by atoms with van der Waals surface area (Å²) < 4.78 is 24.6. The van der Waals surface area contributed by atoms with Gasteiger partial charge >= 0.3 is 0 Å². The minimum Gasteiger partial charge on any atom is -0.490 e. The van der Waals surface area contributed by atoms with Gasteiger partial charge in [-0.25, -0.2) is 0 Å². The first-order valence-corrected chi connectivity index (χ1v) is 16.7. The van der Waals surface area contributed by atoms with E-state index in [0.717, 1.165) is 60.2 Å². The van der Waals surface area contributed by atoms with Crippen LogP contribution in [-0.4, -0.2) is 38.6 Å². The Morgan fingerprint density at radius 2 is 0.850 bits per heavy atom. The van der Waals surface area contributed by atoms with Crippen LogP contribution >= 0.6 is 0 Å². The van der Waals surface area contributed by atoms with Gasteiger partial charge in [-0.05, 0) is 147 Å². The Hall–Kier alpha value is -1.78. The summed E-state index contributed by atoms with van der Waals surface area (Å²) in [5.41, 5.74) is 3.79. The van der Waals surface area contributed by atoms with Crippen LogP contribution in [0.15, 0.2) is 24.3 Å². The molecule has 0 amide bonds. The maximum Gasteiger partial charge on any atom is 0.127 e. The Balaban J connectivity index is 1.19. The Morgan fingerprint density at radius 3 is 1.15 bits per heavy atom. The van der Waals surface area contributed by atoms with Gasteiger partial charge in [-0.15, -0.1) is 0 Å². The number of fused-ring (bicyclic) bond motifs is 1. The van der Waals surface area contributed by atoms with E-state index in [1.165, 1.54) is 87.8 Å². The SMILES string of the molecule is c1cc(C23CC4CC(CC(C4)C2)C3)c2c(OCC3CO3)ccc(C34CC5CC(CC(C5)C3)C4)c2c1OCC1CO1. The van der Waals surface area contributed by atoms with Gasteiger partial charge in [0.05, 0.1) is 13.2 Å². The number of hydrogen-bond acceptors (Lipinski definition) is 4. The van der Waals surface area contributed by atoms with Crippen LogP contribution in [0.2, 0.25) is 0 Å². The standard InChI is InChI=1S/C36H44O4/c1-3-31(39-19-27-17-37-27)34-30(36-14-24-8-25(15-36)10-26(9-24)16-36)2-4-32(40-20-28-18-38-28)33(34)29(1)35-11-21-5-22(12-35)7-23(6-21)13-35/h1-4,21-28H,5-20H2. The molecule has 0 spiro atoms. The minimum absolute atomic E-state index is 0.257. The lowest BCUT2D eigenvalue weighted by atomic mass is 9.47. The fourth-order valence-corrected chi connectivity index (χ4v) is 12.1. The van der Waals surface area contributed by atoms with Gasteiger partial charge in [0.1, 0.15) is 36.9 Å². The lowest BCUT2D eigenvalue weighted by Gasteiger charge is -2.58. The zero-order chi connectivity index (χ0) is 26.1. The molecule has 2 aromatic rings. The smallest absolute Gasteiger partial charge is 0.127 e. The average Bonchev–Trinajstić information content (AvgIpc) is 3.84. The van der Waals surface area contributed by atoms with E-state index in [-0.39, 0.29) is 12.2 Å². The van der Waals surface area contributed by atoms with E-state index in [1.807, 2.05) is 0 Å². The summed E-state index contributed by atoms with van der Waals surface area (Å²) in [5.74, 6) is 7.66. The number of rotatable bonds is 8. The first kappa shape index (κ1) is 23.7. The molecule has 0 radical (unpaired) electrons. The van der Waals surface area contributed by atoms with Gasteiger partial charge in [0.15, 0.2) is 0 Å². The summed E-state index contributed by atoms with van der Waals surface area (Å²) >= 11 is 0. The van der Waals surface area contributed by atoms with Gasteiger partial charge < -0.3 is 18.9 Å². The molecular formula is C36H44O4. The summed E-state index contributed by atoms with van der Waals surface area (Å²) in [7, 11) is 0.